The van der Waals surface area contributed by atoms with Crippen LogP contribution in [0, 0.1) is 0 Å². The summed E-state index contributed by atoms with van der Waals surface area (Å²) < 4.78 is 38.0. The van der Waals surface area contributed by atoms with Gasteiger partial charge in [0, 0.05) is 9.35 Å². The minimum atomic E-state index is -2.75. The van der Waals surface area contributed by atoms with Gasteiger partial charge in [-0.25, -0.2) is 14.4 Å². The highest BCUT2D eigenvalue weighted by Gasteiger charge is 2.50. The summed E-state index contributed by atoms with van der Waals surface area (Å²) in [5.41, 5.74) is -2.74. The third-order valence-corrected chi connectivity index (χ3v) is 3.82. The zero-order chi connectivity index (χ0) is 25.1. The second kappa shape index (κ2) is 12.9. The number of hydrogen-bond acceptors (Lipinski definition) is 7. The minimum Gasteiger partial charge on any atom is -0.464 e. The molecule has 0 spiro atoms. The fourth-order valence-electron chi connectivity index (χ4n) is 2.52. The highest BCUT2D eigenvalue weighted by atomic mass is 16.6. The van der Waals surface area contributed by atoms with E-state index in [2.05, 4.69) is 5.32 Å². The highest BCUT2D eigenvalue weighted by Crippen LogP contribution is 2.21. The van der Waals surface area contributed by atoms with Gasteiger partial charge >= 0.3 is 18.0 Å². The number of rotatable bonds is 12. The predicted molar refractivity (Wildman–Crippen MR) is 115 cm³/mol. The van der Waals surface area contributed by atoms with Gasteiger partial charge in [-0.1, -0.05) is 30.3 Å². The lowest BCUT2D eigenvalue weighted by Gasteiger charge is -2.31. The van der Waals surface area contributed by atoms with Gasteiger partial charge < -0.3 is 18.9 Å². The number of hydrogen-bond donors (Lipinski definition) is 1. The maximum Gasteiger partial charge on any atom is 0.409 e. The molecule has 1 aromatic rings. The number of carbonyl (C=O) groups is 3. The average molecular weight is 440 g/mol. The molecular formula is C23H35NO7. The molecule has 1 rings (SSSR count). The zero-order valence-corrected chi connectivity index (χ0v) is 19.0. The van der Waals surface area contributed by atoms with Crippen LogP contribution in [0.5, 0.6) is 0 Å². The fourth-order valence-corrected chi connectivity index (χ4v) is 2.52. The van der Waals surface area contributed by atoms with Gasteiger partial charge in [-0.3, -0.25) is 5.32 Å². The molecule has 8 nitrogen and oxygen atoms in total. The van der Waals surface area contributed by atoms with Crippen LogP contribution >= 0.6 is 0 Å². The van der Waals surface area contributed by atoms with Crippen molar-refractivity contribution in [1.29, 1.82) is 0 Å². The maximum absolute atomic E-state index is 12.9. The lowest BCUT2D eigenvalue weighted by molar-refractivity contribution is -0.166. The molecule has 0 heterocycles. The summed E-state index contributed by atoms with van der Waals surface area (Å²) in [4.78, 5) is 38.4. The van der Waals surface area contributed by atoms with Crippen molar-refractivity contribution in [2.45, 2.75) is 71.6 Å². The van der Waals surface area contributed by atoms with Gasteiger partial charge in [-0.05, 0) is 59.4 Å². The monoisotopic (exact) mass is 439 g/mol. The van der Waals surface area contributed by atoms with E-state index in [0.717, 1.165) is 5.56 Å². The smallest absolute Gasteiger partial charge is 0.409 e. The molecule has 0 fully saturated rings. The van der Waals surface area contributed by atoms with Crippen LogP contribution in [0.2, 0.25) is 0 Å². The van der Waals surface area contributed by atoms with E-state index in [1.807, 2.05) is 30.3 Å². The van der Waals surface area contributed by atoms with Gasteiger partial charge in [0.2, 0.25) is 5.54 Å². The molecule has 0 bridgehead atoms. The van der Waals surface area contributed by atoms with E-state index in [4.69, 9.17) is 21.7 Å². The summed E-state index contributed by atoms with van der Waals surface area (Å²) in [6.45, 7) is 8.05. The van der Waals surface area contributed by atoms with E-state index >= 15 is 0 Å². The zero-order valence-electron chi connectivity index (χ0n) is 21.0. The molecule has 8 heteroatoms. The summed E-state index contributed by atoms with van der Waals surface area (Å²) >= 11 is 0. The molecule has 0 aliphatic carbocycles. The van der Waals surface area contributed by atoms with Crippen molar-refractivity contribution in [1.82, 2.24) is 5.32 Å². The fraction of sp³-hybridized carbons (Fsp3) is 0.609. The molecule has 0 aliphatic heterocycles. The number of alkyl carbamates (subject to hydrolysis) is 1. The molecule has 0 radical (unpaired) electrons. The normalized spacial score (nSPS) is 12.9. The van der Waals surface area contributed by atoms with E-state index in [1.54, 1.807) is 20.8 Å². The average Bonchev–Trinajstić information content (AvgIpc) is 2.71. The lowest BCUT2D eigenvalue weighted by Crippen LogP contribution is -2.62. The topological polar surface area (TPSA) is 100 Å². The second-order valence-corrected chi connectivity index (χ2v) is 7.64. The molecule has 0 unspecified atom stereocenters. The third-order valence-electron chi connectivity index (χ3n) is 3.82. The molecule has 0 saturated carbocycles. The molecule has 0 aromatic heterocycles. The maximum atomic E-state index is 12.9. The van der Waals surface area contributed by atoms with Crippen molar-refractivity contribution >= 4 is 18.0 Å². The van der Waals surface area contributed by atoms with Gasteiger partial charge in [0.15, 0.2) is 0 Å². The molecule has 0 aliphatic rings. The molecule has 0 saturated heterocycles. The first-order valence-electron chi connectivity index (χ1n) is 11.4. The lowest BCUT2D eigenvalue weighted by atomic mass is 9.92. The number of benzene rings is 1. The first kappa shape index (κ1) is 23.1. The summed E-state index contributed by atoms with van der Waals surface area (Å²) in [5, 5.41) is 2.14. The molecule has 31 heavy (non-hydrogen) atoms. The van der Waals surface area contributed by atoms with Gasteiger partial charge in [0.05, 0.1) is 19.8 Å². The van der Waals surface area contributed by atoms with Crippen molar-refractivity contribution in [2.75, 3.05) is 19.8 Å². The second-order valence-electron chi connectivity index (χ2n) is 7.64. The first-order chi connectivity index (χ1) is 15.4. The Bertz CT molecular complexity index is 761. The Balaban J connectivity index is 3.09. The van der Waals surface area contributed by atoms with Crippen molar-refractivity contribution in [3.8, 4) is 0 Å². The molecule has 174 valence electrons. The number of nitrogens with one attached hydrogen (secondary N) is 1. The Kier molecular flexibility index (Phi) is 9.63. The van der Waals surface area contributed by atoms with Crippen LogP contribution in [-0.2, 0) is 35.1 Å². The SMILES string of the molecule is [2H]C([2H])(CCCOCc1ccccc1)C(NC(=O)OC(C)(C)C)(C(=O)OCC)C(=O)OCC. The van der Waals surface area contributed by atoms with Gasteiger partial charge in [0.1, 0.15) is 5.60 Å². The van der Waals surface area contributed by atoms with Crippen molar-refractivity contribution in [2.24, 2.45) is 0 Å². The standard InChI is InChI=1S/C23H35NO7/c1-6-29-19(25)23(20(26)30-7-2,24-21(27)31-22(3,4)5)15-11-12-16-28-17-18-13-9-8-10-14-18/h8-10,13-14H,6-7,11-12,15-17H2,1-5H3,(H,24,27)/i15D2. The highest BCUT2D eigenvalue weighted by molar-refractivity contribution is 6.07. The van der Waals surface area contributed by atoms with E-state index in [9.17, 15) is 14.4 Å². The molecule has 1 aromatic carbocycles. The summed E-state index contributed by atoms with van der Waals surface area (Å²) in [6, 6.07) is 9.45. The van der Waals surface area contributed by atoms with Crippen molar-refractivity contribution in [3.63, 3.8) is 0 Å². The van der Waals surface area contributed by atoms with E-state index < -0.39 is 35.5 Å². The first-order valence-corrected chi connectivity index (χ1v) is 10.4. The Morgan fingerprint density at radius 1 is 0.968 bits per heavy atom. The van der Waals surface area contributed by atoms with Crippen LogP contribution < -0.4 is 5.32 Å². The summed E-state index contributed by atoms with van der Waals surface area (Å²) in [7, 11) is 0. The number of esters is 2. The third kappa shape index (κ3) is 9.38. The van der Waals surface area contributed by atoms with Crippen LogP contribution in [0.3, 0.4) is 0 Å². The Hall–Kier alpha value is -2.61. The van der Waals surface area contributed by atoms with Gasteiger partial charge in [-0.2, -0.15) is 0 Å². The molecular weight excluding hydrogens is 402 g/mol. The van der Waals surface area contributed by atoms with E-state index in [-0.39, 0.29) is 32.7 Å². The van der Waals surface area contributed by atoms with Crippen LogP contribution in [0.15, 0.2) is 30.3 Å². The van der Waals surface area contributed by atoms with Crippen molar-refractivity contribution in [3.05, 3.63) is 35.9 Å². The van der Waals surface area contributed by atoms with Crippen LogP contribution in [0.4, 0.5) is 4.79 Å². The van der Waals surface area contributed by atoms with Gasteiger partial charge in [0.25, 0.3) is 0 Å². The number of ether oxygens (including phenoxy) is 4. The number of carbonyl (C=O) groups excluding carboxylic acids is 3. The number of amides is 1. The molecule has 0 atom stereocenters. The largest absolute Gasteiger partial charge is 0.464 e. The Morgan fingerprint density at radius 3 is 2.06 bits per heavy atom. The summed E-state index contributed by atoms with van der Waals surface area (Å²) in [5.74, 6) is -2.52. The van der Waals surface area contributed by atoms with E-state index in [0.29, 0.717) is 6.61 Å². The minimum absolute atomic E-state index is 0.133. The van der Waals surface area contributed by atoms with Crippen molar-refractivity contribution < 1.29 is 36.1 Å². The van der Waals surface area contributed by atoms with Gasteiger partial charge in [-0.15, -0.1) is 0 Å². The van der Waals surface area contributed by atoms with Crippen LogP contribution in [-0.4, -0.2) is 49.0 Å². The summed E-state index contributed by atoms with van der Waals surface area (Å²) in [6.07, 6.45) is -3.85. The van der Waals surface area contributed by atoms with Crippen LogP contribution in [0.25, 0.3) is 0 Å². The van der Waals surface area contributed by atoms with Crippen LogP contribution in [0.1, 0.15) is 62.1 Å². The van der Waals surface area contributed by atoms with E-state index in [1.165, 1.54) is 13.8 Å². The molecule has 1 amide bonds. The molecule has 1 N–H and O–H groups in total. The Morgan fingerprint density at radius 2 is 1.55 bits per heavy atom. The predicted octanol–water partition coefficient (Wildman–Crippen LogP) is 3.76. The quantitative estimate of drug-likeness (QED) is 0.229. The Labute approximate surface area is 187 Å².